The van der Waals surface area contributed by atoms with E-state index in [1.54, 1.807) is 18.4 Å². The summed E-state index contributed by atoms with van der Waals surface area (Å²) in [7, 11) is 3.71. The number of nitrogens with two attached hydrogens (primary N) is 1. The molecule has 0 fully saturated rings. The molecule has 2 rings (SSSR count). The maximum Gasteiger partial charge on any atom is 0.130 e. The van der Waals surface area contributed by atoms with E-state index in [1.807, 2.05) is 18.2 Å². The topological polar surface area (TPSA) is 62.3 Å². The number of ether oxygens (including phenoxy) is 1. The van der Waals surface area contributed by atoms with Crippen LogP contribution in [0.5, 0.6) is 5.75 Å². The predicted octanol–water partition coefficient (Wildman–Crippen LogP) is 2.72. The predicted molar refractivity (Wildman–Crippen MR) is 88.4 cm³/mol. The average Bonchev–Trinajstić information content (AvgIpc) is 2.98. The molecule has 0 saturated carbocycles. The molecule has 0 aliphatic rings. The standard InChI is InChI=1S/C16H21N3OS/c1-19(8-7-13-4-3-9-21-13)11-12-5-6-14(16(17)18)15(10-12)20-2/h3-6,9-10H,7-8,11H2,1-2H3,(H3,17,18). The number of amidine groups is 1. The third-order valence-electron chi connectivity index (χ3n) is 3.33. The summed E-state index contributed by atoms with van der Waals surface area (Å²) in [5.41, 5.74) is 7.34. The summed E-state index contributed by atoms with van der Waals surface area (Å²) in [6, 6.07) is 10.1. The lowest BCUT2D eigenvalue weighted by molar-refractivity contribution is 0.331. The van der Waals surface area contributed by atoms with E-state index in [0.717, 1.165) is 25.1 Å². The van der Waals surface area contributed by atoms with Crippen molar-refractivity contribution in [2.75, 3.05) is 20.7 Å². The van der Waals surface area contributed by atoms with Gasteiger partial charge in [0.25, 0.3) is 0 Å². The molecule has 0 amide bonds. The number of thiophene rings is 1. The zero-order chi connectivity index (χ0) is 15.2. The Kier molecular flexibility index (Phi) is 5.36. The van der Waals surface area contributed by atoms with Crippen LogP contribution in [-0.4, -0.2) is 31.4 Å². The molecule has 1 heterocycles. The molecule has 21 heavy (non-hydrogen) atoms. The minimum atomic E-state index is 0.0319. The van der Waals surface area contributed by atoms with Gasteiger partial charge >= 0.3 is 0 Å². The smallest absolute Gasteiger partial charge is 0.130 e. The molecule has 112 valence electrons. The monoisotopic (exact) mass is 303 g/mol. The normalized spacial score (nSPS) is 10.8. The van der Waals surface area contributed by atoms with Crippen LogP contribution in [0, 0.1) is 5.41 Å². The Hall–Kier alpha value is -1.85. The van der Waals surface area contributed by atoms with Crippen molar-refractivity contribution in [3.63, 3.8) is 0 Å². The van der Waals surface area contributed by atoms with Gasteiger partial charge < -0.3 is 15.4 Å². The molecule has 0 bridgehead atoms. The number of nitrogens with zero attached hydrogens (tertiary/aromatic N) is 1. The van der Waals surface area contributed by atoms with Crippen molar-refractivity contribution in [2.24, 2.45) is 5.73 Å². The van der Waals surface area contributed by atoms with Crippen molar-refractivity contribution < 1.29 is 4.74 Å². The molecule has 1 aromatic carbocycles. The highest BCUT2D eigenvalue weighted by Crippen LogP contribution is 2.20. The Balaban J connectivity index is 1.97. The molecular weight excluding hydrogens is 282 g/mol. The van der Waals surface area contributed by atoms with Gasteiger partial charge in [0.1, 0.15) is 11.6 Å². The van der Waals surface area contributed by atoms with Gasteiger partial charge in [-0.25, -0.2) is 0 Å². The summed E-state index contributed by atoms with van der Waals surface area (Å²) in [6.45, 7) is 1.86. The summed E-state index contributed by atoms with van der Waals surface area (Å²) >= 11 is 1.80. The zero-order valence-corrected chi connectivity index (χ0v) is 13.2. The highest BCUT2D eigenvalue weighted by molar-refractivity contribution is 7.09. The van der Waals surface area contributed by atoms with Gasteiger partial charge in [-0.15, -0.1) is 11.3 Å². The second kappa shape index (κ2) is 7.24. The third-order valence-corrected chi connectivity index (χ3v) is 4.26. The van der Waals surface area contributed by atoms with Crippen LogP contribution in [0.1, 0.15) is 16.0 Å². The van der Waals surface area contributed by atoms with E-state index in [0.29, 0.717) is 11.3 Å². The molecule has 0 aliphatic carbocycles. The van der Waals surface area contributed by atoms with Crippen LogP contribution in [0.3, 0.4) is 0 Å². The molecule has 1 aromatic heterocycles. The van der Waals surface area contributed by atoms with Gasteiger partial charge in [-0.3, -0.25) is 5.41 Å². The number of hydrogen-bond acceptors (Lipinski definition) is 4. The van der Waals surface area contributed by atoms with Gasteiger partial charge in [-0.05, 0) is 42.6 Å². The molecular formula is C16H21N3OS. The van der Waals surface area contributed by atoms with Crippen LogP contribution < -0.4 is 10.5 Å². The number of likely N-dealkylation sites (N-methyl/N-ethyl adjacent to an activating group) is 1. The molecule has 4 nitrogen and oxygen atoms in total. The Morgan fingerprint density at radius 1 is 1.38 bits per heavy atom. The average molecular weight is 303 g/mol. The molecule has 2 aromatic rings. The molecule has 3 N–H and O–H groups in total. The highest BCUT2D eigenvalue weighted by Gasteiger charge is 2.08. The van der Waals surface area contributed by atoms with Crippen LogP contribution in [0.25, 0.3) is 0 Å². The van der Waals surface area contributed by atoms with Crippen molar-refractivity contribution in [3.05, 3.63) is 51.7 Å². The molecule has 0 unspecified atom stereocenters. The quantitative estimate of drug-likeness (QED) is 0.610. The fraction of sp³-hybridized carbons (Fsp3) is 0.312. The van der Waals surface area contributed by atoms with E-state index in [9.17, 15) is 0 Å². The molecule has 5 heteroatoms. The van der Waals surface area contributed by atoms with E-state index in [2.05, 4.69) is 29.5 Å². The van der Waals surface area contributed by atoms with Gasteiger partial charge in [-0.2, -0.15) is 0 Å². The maximum atomic E-state index is 7.53. The molecule has 0 atom stereocenters. The summed E-state index contributed by atoms with van der Waals surface area (Å²) in [5, 5.41) is 9.64. The minimum Gasteiger partial charge on any atom is -0.496 e. The summed E-state index contributed by atoms with van der Waals surface area (Å²) in [5.74, 6) is 0.691. The van der Waals surface area contributed by atoms with Crippen LogP contribution >= 0.6 is 11.3 Å². The van der Waals surface area contributed by atoms with E-state index in [-0.39, 0.29) is 5.84 Å². The van der Waals surface area contributed by atoms with E-state index in [4.69, 9.17) is 15.9 Å². The largest absolute Gasteiger partial charge is 0.496 e. The third kappa shape index (κ3) is 4.31. The molecule has 0 radical (unpaired) electrons. The lowest BCUT2D eigenvalue weighted by Crippen LogP contribution is -2.20. The summed E-state index contributed by atoms with van der Waals surface area (Å²) < 4.78 is 5.31. The second-order valence-corrected chi connectivity index (χ2v) is 6.05. The van der Waals surface area contributed by atoms with Crippen molar-refractivity contribution in [1.82, 2.24) is 4.90 Å². The number of benzene rings is 1. The SMILES string of the molecule is COc1cc(CN(C)CCc2cccs2)ccc1C(=N)N. The lowest BCUT2D eigenvalue weighted by atomic mass is 10.1. The maximum absolute atomic E-state index is 7.53. The Labute approximate surface area is 129 Å². The zero-order valence-electron chi connectivity index (χ0n) is 12.4. The van der Waals surface area contributed by atoms with Gasteiger partial charge in [0, 0.05) is 18.0 Å². The minimum absolute atomic E-state index is 0.0319. The number of hydrogen-bond donors (Lipinski definition) is 2. The van der Waals surface area contributed by atoms with Crippen molar-refractivity contribution in [2.45, 2.75) is 13.0 Å². The first-order valence-electron chi connectivity index (χ1n) is 6.82. The van der Waals surface area contributed by atoms with Gasteiger partial charge in [0.2, 0.25) is 0 Å². The molecule has 0 spiro atoms. The summed E-state index contributed by atoms with van der Waals surface area (Å²) in [6.07, 6.45) is 1.07. The van der Waals surface area contributed by atoms with Crippen LogP contribution in [0.4, 0.5) is 0 Å². The van der Waals surface area contributed by atoms with Gasteiger partial charge in [0.15, 0.2) is 0 Å². The number of rotatable bonds is 7. The van der Waals surface area contributed by atoms with E-state index < -0.39 is 0 Å². The van der Waals surface area contributed by atoms with Gasteiger partial charge in [0.05, 0.1) is 12.7 Å². The first-order valence-corrected chi connectivity index (χ1v) is 7.70. The van der Waals surface area contributed by atoms with Crippen LogP contribution in [-0.2, 0) is 13.0 Å². The Morgan fingerprint density at radius 3 is 2.81 bits per heavy atom. The van der Waals surface area contributed by atoms with Crippen molar-refractivity contribution in [3.8, 4) is 5.75 Å². The van der Waals surface area contributed by atoms with Gasteiger partial charge in [-0.1, -0.05) is 12.1 Å². The first kappa shape index (κ1) is 15.5. The fourth-order valence-electron chi connectivity index (χ4n) is 2.20. The lowest BCUT2D eigenvalue weighted by Gasteiger charge is -2.17. The molecule has 0 saturated heterocycles. The Morgan fingerprint density at radius 2 is 2.19 bits per heavy atom. The summed E-state index contributed by atoms with van der Waals surface area (Å²) in [4.78, 5) is 3.69. The van der Waals surface area contributed by atoms with Crippen LogP contribution in [0.2, 0.25) is 0 Å². The molecule has 0 aliphatic heterocycles. The van der Waals surface area contributed by atoms with E-state index >= 15 is 0 Å². The van der Waals surface area contributed by atoms with Crippen LogP contribution in [0.15, 0.2) is 35.7 Å². The highest BCUT2D eigenvalue weighted by atomic mass is 32.1. The number of nitrogen functional groups attached to an aromatic ring is 1. The van der Waals surface area contributed by atoms with Crippen molar-refractivity contribution >= 4 is 17.2 Å². The second-order valence-electron chi connectivity index (χ2n) is 5.02. The fourth-order valence-corrected chi connectivity index (χ4v) is 2.90. The Bertz CT molecular complexity index is 596. The first-order chi connectivity index (χ1) is 10.1. The van der Waals surface area contributed by atoms with E-state index in [1.165, 1.54) is 4.88 Å². The van der Waals surface area contributed by atoms with Crippen molar-refractivity contribution in [1.29, 1.82) is 5.41 Å². The number of nitrogens with one attached hydrogen (secondary N) is 1. The number of methoxy groups -OCH3 is 1.